The van der Waals surface area contributed by atoms with E-state index in [2.05, 4.69) is 30.8 Å². The second kappa shape index (κ2) is 6.91. The van der Waals surface area contributed by atoms with Gasteiger partial charge in [0.1, 0.15) is 5.82 Å². The molecule has 2 N–H and O–H groups in total. The minimum absolute atomic E-state index is 0.137. The van der Waals surface area contributed by atoms with Crippen molar-refractivity contribution in [3.63, 3.8) is 0 Å². The zero-order valence-corrected chi connectivity index (χ0v) is 13.1. The highest BCUT2D eigenvalue weighted by atomic mass is 16.5. The average molecular weight is 268 g/mol. The molecule has 1 heterocycles. The normalized spacial score (nSPS) is 14.5. The molecule has 0 saturated carbocycles. The highest BCUT2D eigenvalue weighted by Gasteiger charge is 2.22. The molecule has 19 heavy (non-hydrogen) atoms. The van der Waals surface area contributed by atoms with Gasteiger partial charge in [0.15, 0.2) is 0 Å². The number of anilines is 1. The van der Waals surface area contributed by atoms with Crippen LogP contribution in [0.2, 0.25) is 0 Å². The molecule has 1 rings (SSSR count). The van der Waals surface area contributed by atoms with Gasteiger partial charge in [-0.25, -0.2) is 0 Å². The lowest BCUT2D eigenvalue weighted by Crippen LogP contribution is -2.38. The Kier molecular flexibility index (Phi) is 5.82. The monoisotopic (exact) mass is 268 g/mol. The maximum Gasteiger partial charge on any atom is 0.130 e. The molecule has 0 aliphatic rings. The van der Waals surface area contributed by atoms with Crippen LogP contribution in [0.4, 0.5) is 5.82 Å². The number of hydrogen-bond donors (Lipinski definition) is 1. The zero-order chi connectivity index (χ0) is 14.6. The molecule has 0 bridgehead atoms. The van der Waals surface area contributed by atoms with Crippen molar-refractivity contribution in [3.05, 3.63) is 11.3 Å². The quantitative estimate of drug-likeness (QED) is 0.814. The molecule has 0 saturated heterocycles. The summed E-state index contributed by atoms with van der Waals surface area (Å²) in [5.41, 5.74) is 8.29. The summed E-state index contributed by atoms with van der Waals surface area (Å²) in [5, 5.41) is 4.55. The van der Waals surface area contributed by atoms with Crippen molar-refractivity contribution in [2.75, 3.05) is 25.2 Å². The average Bonchev–Trinajstić information content (AvgIpc) is 2.57. The van der Waals surface area contributed by atoms with Crippen LogP contribution in [0, 0.1) is 6.92 Å². The van der Waals surface area contributed by atoms with E-state index < -0.39 is 0 Å². The lowest BCUT2D eigenvalue weighted by Gasteiger charge is -2.30. The van der Waals surface area contributed by atoms with Crippen molar-refractivity contribution in [1.82, 2.24) is 9.78 Å². The number of hydrogen-bond acceptors (Lipinski definition) is 4. The molecular formula is C14H28N4O. The Morgan fingerprint density at radius 3 is 2.53 bits per heavy atom. The van der Waals surface area contributed by atoms with E-state index in [-0.39, 0.29) is 6.04 Å². The summed E-state index contributed by atoms with van der Waals surface area (Å²) in [6, 6.07) is 0.453. The number of nitrogens with zero attached hydrogens (tertiary/aromatic N) is 3. The highest BCUT2D eigenvalue weighted by molar-refractivity contribution is 5.51. The van der Waals surface area contributed by atoms with E-state index in [1.165, 1.54) is 11.4 Å². The summed E-state index contributed by atoms with van der Waals surface area (Å²) < 4.78 is 7.24. The van der Waals surface area contributed by atoms with E-state index in [0.29, 0.717) is 12.6 Å². The highest BCUT2D eigenvalue weighted by Crippen LogP contribution is 2.26. The number of ether oxygens (including phenoxy) is 1. The fourth-order valence-electron chi connectivity index (χ4n) is 2.61. The summed E-state index contributed by atoms with van der Waals surface area (Å²) in [7, 11) is 3.73. The van der Waals surface area contributed by atoms with Crippen LogP contribution in [-0.2, 0) is 18.2 Å². The minimum atomic E-state index is 0.137. The van der Waals surface area contributed by atoms with Crippen LogP contribution < -0.4 is 10.6 Å². The Labute approximate surface area is 116 Å². The van der Waals surface area contributed by atoms with E-state index in [4.69, 9.17) is 10.5 Å². The first-order chi connectivity index (χ1) is 8.92. The fourth-order valence-corrected chi connectivity index (χ4v) is 2.61. The Balaban J connectivity index is 3.14. The molecule has 110 valence electrons. The van der Waals surface area contributed by atoms with Gasteiger partial charge in [0, 0.05) is 32.3 Å². The van der Waals surface area contributed by atoms with Crippen LogP contribution in [0.5, 0.6) is 0 Å². The predicted octanol–water partition coefficient (Wildman–Crippen LogP) is 1.48. The van der Waals surface area contributed by atoms with Crippen LogP contribution in [-0.4, -0.2) is 42.1 Å². The molecule has 0 radical (unpaired) electrons. The van der Waals surface area contributed by atoms with Gasteiger partial charge in [-0.05, 0) is 34.1 Å². The number of nitrogens with two attached hydrogens (primary N) is 1. The van der Waals surface area contributed by atoms with Crippen molar-refractivity contribution < 1.29 is 4.74 Å². The number of rotatable bonds is 7. The third-order valence-corrected chi connectivity index (χ3v) is 3.39. The third kappa shape index (κ3) is 3.70. The Morgan fingerprint density at radius 2 is 2.05 bits per heavy atom. The van der Waals surface area contributed by atoms with Gasteiger partial charge in [-0.15, -0.1) is 0 Å². The molecule has 1 aromatic rings. The van der Waals surface area contributed by atoms with Crippen LogP contribution in [0.25, 0.3) is 0 Å². The van der Waals surface area contributed by atoms with Crippen molar-refractivity contribution in [3.8, 4) is 0 Å². The second-order valence-electron chi connectivity index (χ2n) is 5.28. The molecule has 0 amide bonds. The number of likely N-dealkylation sites (N-methyl/N-ethyl adjacent to an activating group) is 1. The predicted molar refractivity (Wildman–Crippen MR) is 79.7 cm³/mol. The first kappa shape index (κ1) is 16.0. The summed E-state index contributed by atoms with van der Waals surface area (Å²) in [4.78, 5) is 2.33. The van der Waals surface area contributed by atoms with Gasteiger partial charge >= 0.3 is 0 Å². The Hall–Kier alpha value is -1.07. The van der Waals surface area contributed by atoms with Crippen LogP contribution in [0.1, 0.15) is 32.0 Å². The van der Waals surface area contributed by atoms with Gasteiger partial charge in [-0.3, -0.25) is 4.68 Å². The first-order valence-electron chi connectivity index (χ1n) is 6.95. The molecule has 0 fully saturated rings. The molecule has 5 nitrogen and oxygen atoms in total. The number of aromatic nitrogens is 2. The molecular weight excluding hydrogens is 240 g/mol. The molecule has 1 aromatic heterocycles. The van der Waals surface area contributed by atoms with Gasteiger partial charge in [0.05, 0.1) is 18.3 Å². The van der Waals surface area contributed by atoms with Gasteiger partial charge in [0.2, 0.25) is 0 Å². The first-order valence-corrected chi connectivity index (χ1v) is 6.95. The lowest BCUT2D eigenvalue weighted by atomic mass is 10.1. The SMILES string of the molecule is CCN(c1c(CC(C)N)c(C)nn1C)C(C)COC. The third-order valence-electron chi connectivity index (χ3n) is 3.39. The summed E-state index contributed by atoms with van der Waals surface area (Å²) in [5.74, 6) is 1.17. The van der Waals surface area contributed by atoms with Gasteiger partial charge < -0.3 is 15.4 Å². The number of methoxy groups -OCH3 is 1. The van der Waals surface area contributed by atoms with Gasteiger partial charge in [-0.2, -0.15) is 5.10 Å². The lowest BCUT2D eigenvalue weighted by molar-refractivity contribution is 0.181. The largest absolute Gasteiger partial charge is 0.383 e. The van der Waals surface area contributed by atoms with Crippen molar-refractivity contribution in [2.45, 2.75) is 46.2 Å². The van der Waals surface area contributed by atoms with Crippen molar-refractivity contribution in [2.24, 2.45) is 12.8 Å². The maximum absolute atomic E-state index is 5.97. The minimum Gasteiger partial charge on any atom is -0.383 e. The van der Waals surface area contributed by atoms with E-state index in [9.17, 15) is 0 Å². The molecule has 0 aliphatic carbocycles. The van der Waals surface area contributed by atoms with Crippen molar-refractivity contribution >= 4 is 5.82 Å². The molecule has 2 atom stereocenters. The second-order valence-corrected chi connectivity index (χ2v) is 5.28. The molecule has 0 spiro atoms. The molecule has 0 aliphatic heterocycles. The summed E-state index contributed by atoms with van der Waals surface area (Å²) in [6.45, 7) is 10.0. The summed E-state index contributed by atoms with van der Waals surface area (Å²) in [6.07, 6.45) is 0.852. The molecule has 0 aromatic carbocycles. The Bertz CT molecular complexity index is 400. The Morgan fingerprint density at radius 1 is 1.42 bits per heavy atom. The van der Waals surface area contributed by atoms with Crippen molar-refractivity contribution in [1.29, 1.82) is 0 Å². The van der Waals surface area contributed by atoms with Crippen LogP contribution in [0.3, 0.4) is 0 Å². The van der Waals surface area contributed by atoms with E-state index in [1.54, 1.807) is 7.11 Å². The van der Waals surface area contributed by atoms with Gasteiger partial charge in [0.25, 0.3) is 0 Å². The van der Waals surface area contributed by atoms with Gasteiger partial charge in [-0.1, -0.05) is 0 Å². The zero-order valence-electron chi connectivity index (χ0n) is 13.1. The van der Waals surface area contributed by atoms with E-state index >= 15 is 0 Å². The number of aryl methyl sites for hydroxylation is 2. The maximum atomic E-state index is 5.97. The summed E-state index contributed by atoms with van der Waals surface area (Å²) >= 11 is 0. The van der Waals surface area contributed by atoms with E-state index in [0.717, 1.165) is 18.7 Å². The van der Waals surface area contributed by atoms with Crippen LogP contribution >= 0.6 is 0 Å². The topological polar surface area (TPSA) is 56.3 Å². The van der Waals surface area contributed by atoms with E-state index in [1.807, 2.05) is 18.7 Å². The molecule has 5 heteroatoms. The van der Waals surface area contributed by atoms with Crippen LogP contribution in [0.15, 0.2) is 0 Å². The fraction of sp³-hybridized carbons (Fsp3) is 0.786. The standard InChI is InChI=1S/C14H28N4O/c1-7-18(11(3)9-19-6)14-13(8-10(2)15)12(4)16-17(14)5/h10-11H,7-9,15H2,1-6H3. The molecule has 2 unspecified atom stereocenters. The smallest absolute Gasteiger partial charge is 0.130 e.